The van der Waals surface area contributed by atoms with Crippen LogP contribution >= 0.6 is 11.3 Å². The number of thiophene rings is 1. The van der Waals surface area contributed by atoms with Crippen molar-refractivity contribution >= 4 is 28.1 Å². The van der Waals surface area contributed by atoms with Gasteiger partial charge in [0.1, 0.15) is 11.9 Å². The number of nitrogen functional groups attached to an aromatic ring is 1. The molecule has 5 heteroatoms. The number of nitrogens with zero attached hydrogens (tertiary/aromatic N) is 2. The van der Waals surface area contributed by atoms with Crippen LogP contribution in [0.15, 0.2) is 35.7 Å². The van der Waals surface area contributed by atoms with E-state index in [1.807, 2.05) is 18.2 Å². The summed E-state index contributed by atoms with van der Waals surface area (Å²) in [5, 5.41) is 12.1. The average molecular weight is 301 g/mol. The van der Waals surface area contributed by atoms with E-state index in [0.29, 0.717) is 11.5 Å². The Morgan fingerprint density at radius 1 is 1.33 bits per heavy atom. The number of hydrogen-bond donors (Lipinski definition) is 2. The fourth-order valence-electron chi connectivity index (χ4n) is 2.70. The van der Waals surface area contributed by atoms with Gasteiger partial charge >= 0.3 is 0 Å². The van der Waals surface area contributed by atoms with Crippen LogP contribution in [0.5, 0.6) is 0 Å². The Morgan fingerprint density at radius 2 is 2.14 bits per heavy atom. The minimum Gasteiger partial charge on any atom is -0.399 e. The molecule has 0 fully saturated rings. The first-order valence-corrected chi connectivity index (χ1v) is 7.92. The molecule has 0 saturated heterocycles. The van der Waals surface area contributed by atoms with Gasteiger partial charge in [0, 0.05) is 23.0 Å². The maximum atomic E-state index is 10.0. The second-order valence-electron chi connectivity index (χ2n) is 5.40. The van der Waals surface area contributed by atoms with Crippen molar-refractivity contribution in [2.24, 2.45) is 0 Å². The van der Waals surface area contributed by atoms with Crippen LogP contribution in [0.2, 0.25) is 0 Å². The lowest BCUT2D eigenvalue weighted by molar-refractivity contribution is 0.182. The van der Waals surface area contributed by atoms with E-state index in [2.05, 4.69) is 34.0 Å². The summed E-state index contributed by atoms with van der Waals surface area (Å²) in [5.41, 5.74) is 8.38. The van der Waals surface area contributed by atoms with Gasteiger partial charge in [0.05, 0.1) is 11.0 Å². The van der Waals surface area contributed by atoms with E-state index < -0.39 is 6.10 Å². The molecular weight excluding hydrogens is 282 g/mol. The molecule has 2 aromatic heterocycles. The highest BCUT2D eigenvalue weighted by molar-refractivity contribution is 7.09. The molecule has 1 aromatic carbocycles. The van der Waals surface area contributed by atoms with E-state index in [1.54, 1.807) is 18.3 Å². The summed E-state index contributed by atoms with van der Waals surface area (Å²) in [4.78, 5) is 5.89. The van der Waals surface area contributed by atoms with E-state index in [4.69, 9.17) is 5.73 Å². The number of benzene rings is 1. The molecule has 2 unspecified atom stereocenters. The van der Waals surface area contributed by atoms with Crippen molar-refractivity contribution in [3.63, 3.8) is 0 Å². The van der Waals surface area contributed by atoms with E-state index in [0.717, 1.165) is 17.5 Å². The van der Waals surface area contributed by atoms with Gasteiger partial charge in [0.15, 0.2) is 0 Å². The third-order valence-electron chi connectivity index (χ3n) is 3.63. The van der Waals surface area contributed by atoms with Crippen LogP contribution in [0, 0.1) is 0 Å². The smallest absolute Gasteiger partial charge is 0.138 e. The molecule has 110 valence electrons. The molecule has 2 atom stereocenters. The maximum absolute atomic E-state index is 10.0. The van der Waals surface area contributed by atoms with Crippen molar-refractivity contribution in [3.8, 4) is 0 Å². The number of aliphatic hydroxyl groups is 1. The fourth-order valence-corrected chi connectivity index (χ4v) is 3.53. The Hall–Kier alpha value is -1.85. The van der Waals surface area contributed by atoms with Crippen LogP contribution in [0.3, 0.4) is 0 Å². The molecule has 0 spiro atoms. The first-order valence-electron chi connectivity index (χ1n) is 7.04. The standard InChI is InChI=1S/C16H19N3OS/c1-10(8-13-4-3-7-21-13)19-15-6-5-12(17)9-14(15)18-16(19)11(2)20/h3-7,9-11,20H,8,17H2,1-2H3. The number of anilines is 1. The molecule has 0 aliphatic heterocycles. The minimum absolute atomic E-state index is 0.224. The van der Waals surface area contributed by atoms with Crippen LogP contribution in [0.25, 0.3) is 11.0 Å². The molecule has 3 rings (SSSR count). The van der Waals surface area contributed by atoms with Crippen LogP contribution < -0.4 is 5.73 Å². The van der Waals surface area contributed by atoms with E-state index in [1.165, 1.54) is 4.88 Å². The third kappa shape index (κ3) is 2.66. The molecule has 4 nitrogen and oxygen atoms in total. The number of rotatable bonds is 4. The lowest BCUT2D eigenvalue weighted by atomic mass is 10.2. The molecule has 0 aliphatic rings. The quantitative estimate of drug-likeness (QED) is 0.724. The zero-order valence-corrected chi connectivity index (χ0v) is 13.0. The molecule has 0 saturated carbocycles. The molecule has 0 bridgehead atoms. The number of hydrogen-bond acceptors (Lipinski definition) is 4. The Balaban J connectivity index is 2.08. The molecule has 0 radical (unpaired) electrons. The van der Waals surface area contributed by atoms with Crippen molar-refractivity contribution in [1.29, 1.82) is 0 Å². The van der Waals surface area contributed by atoms with Gasteiger partial charge in [-0.15, -0.1) is 11.3 Å². The second kappa shape index (κ2) is 5.50. The minimum atomic E-state index is -0.607. The molecule has 3 aromatic rings. The Bertz CT molecular complexity index is 746. The van der Waals surface area contributed by atoms with Gasteiger partial charge in [-0.3, -0.25) is 0 Å². The van der Waals surface area contributed by atoms with Gasteiger partial charge in [-0.1, -0.05) is 6.07 Å². The van der Waals surface area contributed by atoms with Crippen LogP contribution in [-0.4, -0.2) is 14.7 Å². The summed E-state index contributed by atoms with van der Waals surface area (Å²) < 4.78 is 2.12. The van der Waals surface area contributed by atoms with Gasteiger partial charge in [0.2, 0.25) is 0 Å². The predicted molar refractivity (Wildman–Crippen MR) is 87.5 cm³/mol. The number of nitrogens with two attached hydrogens (primary N) is 1. The largest absolute Gasteiger partial charge is 0.399 e. The van der Waals surface area contributed by atoms with E-state index >= 15 is 0 Å². The zero-order chi connectivity index (χ0) is 15.0. The summed E-state index contributed by atoms with van der Waals surface area (Å²) in [7, 11) is 0. The third-order valence-corrected chi connectivity index (χ3v) is 4.53. The van der Waals surface area contributed by atoms with Crippen molar-refractivity contribution < 1.29 is 5.11 Å². The monoisotopic (exact) mass is 301 g/mol. The number of aromatic nitrogens is 2. The number of fused-ring (bicyclic) bond motifs is 1. The van der Waals surface area contributed by atoms with Gasteiger partial charge in [-0.2, -0.15) is 0 Å². The average Bonchev–Trinajstić information content (AvgIpc) is 3.04. The molecule has 3 N–H and O–H groups in total. The van der Waals surface area contributed by atoms with Crippen molar-refractivity contribution in [2.45, 2.75) is 32.4 Å². The molecule has 21 heavy (non-hydrogen) atoms. The SMILES string of the molecule is CC(O)c1nc2cc(N)ccc2n1C(C)Cc1cccs1. The number of aliphatic hydroxyl groups excluding tert-OH is 1. The highest BCUT2D eigenvalue weighted by atomic mass is 32.1. The highest BCUT2D eigenvalue weighted by Gasteiger charge is 2.19. The lowest BCUT2D eigenvalue weighted by Gasteiger charge is -2.18. The Labute approximate surface area is 127 Å². The van der Waals surface area contributed by atoms with Gasteiger partial charge < -0.3 is 15.4 Å². The van der Waals surface area contributed by atoms with Gasteiger partial charge in [-0.25, -0.2) is 4.98 Å². The van der Waals surface area contributed by atoms with Gasteiger partial charge in [0.25, 0.3) is 0 Å². The van der Waals surface area contributed by atoms with Gasteiger partial charge in [-0.05, 0) is 43.5 Å². The Morgan fingerprint density at radius 3 is 2.81 bits per heavy atom. The van der Waals surface area contributed by atoms with Crippen LogP contribution in [0.1, 0.15) is 36.7 Å². The van der Waals surface area contributed by atoms with Crippen molar-refractivity contribution in [2.75, 3.05) is 5.73 Å². The van der Waals surface area contributed by atoms with Crippen LogP contribution in [0.4, 0.5) is 5.69 Å². The molecule has 2 heterocycles. The summed E-state index contributed by atoms with van der Waals surface area (Å²) >= 11 is 1.75. The fraction of sp³-hybridized carbons (Fsp3) is 0.312. The lowest BCUT2D eigenvalue weighted by Crippen LogP contribution is -2.13. The first-order chi connectivity index (χ1) is 10.1. The topological polar surface area (TPSA) is 64.1 Å². The number of imidazole rings is 1. The summed E-state index contributed by atoms with van der Waals surface area (Å²) in [5.74, 6) is 0.694. The summed E-state index contributed by atoms with van der Waals surface area (Å²) in [6.07, 6.45) is 0.317. The highest BCUT2D eigenvalue weighted by Crippen LogP contribution is 2.28. The van der Waals surface area contributed by atoms with Crippen molar-refractivity contribution in [3.05, 3.63) is 46.4 Å². The van der Waals surface area contributed by atoms with Crippen LogP contribution in [-0.2, 0) is 6.42 Å². The normalized spacial score (nSPS) is 14.4. The molecular formula is C16H19N3OS. The first kappa shape index (κ1) is 14.1. The summed E-state index contributed by atoms with van der Waals surface area (Å²) in [6.45, 7) is 3.90. The summed E-state index contributed by atoms with van der Waals surface area (Å²) in [6, 6.07) is 10.1. The van der Waals surface area contributed by atoms with E-state index in [-0.39, 0.29) is 6.04 Å². The second-order valence-corrected chi connectivity index (χ2v) is 6.43. The van der Waals surface area contributed by atoms with Crippen molar-refractivity contribution in [1.82, 2.24) is 9.55 Å². The Kier molecular flexibility index (Phi) is 3.69. The predicted octanol–water partition coefficient (Wildman–Crippen LogP) is 3.54. The zero-order valence-electron chi connectivity index (χ0n) is 12.2. The molecule has 0 aliphatic carbocycles. The molecule has 0 amide bonds. The maximum Gasteiger partial charge on any atom is 0.138 e. The van der Waals surface area contributed by atoms with E-state index in [9.17, 15) is 5.11 Å².